The van der Waals surface area contributed by atoms with Crippen LogP contribution in [0.4, 0.5) is 18.0 Å². The van der Waals surface area contributed by atoms with Crippen molar-refractivity contribution in [2.24, 2.45) is 0 Å². The van der Waals surface area contributed by atoms with Crippen molar-refractivity contribution in [1.29, 1.82) is 0 Å². The highest BCUT2D eigenvalue weighted by molar-refractivity contribution is 5.65. The quantitative estimate of drug-likeness (QED) is 0.895. The second-order valence-electron chi connectivity index (χ2n) is 4.38. The fourth-order valence-electron chi connectivity index (χ4n) is 1.89. The van der Waals surface area contributed by atoms with E-state index in [2.05, 4.69) is 10.1 Å². The van der Waals surface area contributed by atoms with Gasteiger partial charge in [-0.2, -0.15) is 0 Å². The smallest absolute Gasteiger partial charge is 0.490 e. The van der Waals surface area contributed by atoms with E-state index >= 15 is 0 Å². The predicted octanol–water partition coefficient (Wildman–Crippen LogP) is 2.76. The molecule has 20 heavy (non-hydrogen) atoms. The van der Waals surface area contributed by atoms with Gasteiger partial charge in [0.15, 0.2) is 0 Å². The maximum atomic E-state index is 12.1. The molecule has 1 saturated carbocycles. The molecule has 0 aliphatic heterocycles. The molecule has 1 fully saturated rings. The van der Waals surface area contributed by atoms with E-state index in [0.717, 1.165) is 6.07 Å². The summed E-state index contributed by atoms with van der Waals surface area (Å²) in [6.07, 6.45) is -5.10. The van der Waals surface area contributed by atoms with Crippen molar-refractivity contribution in [3.63, 3.8) is 0 Å². The van der Waals surface area contributed by atoms with Crippen LogP contribution in [-0.2, 0) is 0 Å². The van der Waals surface area contributed by atoms with Crippen LogP contribution < -0.4 is 14.8 Å². The molecule has 5 nitrogen and oxygen atoms in total. The number of carboxylic acid groups (broad SMARTS) is 1. The largest absolute Gasteiger partial charge is 0.573 e. The second kappa shape index (κ2) is 5.48. The lowest BCUT2D eigenvalue weighted by molar-refractivity contribution is -0.274. The normalized spacial score (nSPS) is 21.8. The zero-order valence-electron chi connectivity index (χ0n) is 10.2. The summed E-state index contributed by atoms with van der Waals surface area (Å²) in [6, 6.07) is 5.05. The van der Waals surface area contributed by atoms with E-state index in [-0.39, 0.29) is 23.6 Å². The monoisotopic (exact) mass is 291 g/mol. The molecule has 110 valence electrons. The molecule has 0 aromatic heterocycles. The van der Waals surface area contributed by atoms with Crippen LogP contribution in [0.15, 0.2) is 24.3 Å². The minimum absolute atomic E-state index is 0.174. The number of rotatable bonds is 4. The van der Waals surface area contributed by atoms with E-state index < -0.39 is 12.5 Å². The van der Waals surface area contributed by atoms with Gasteiger partial charge in [0.05, 0.1) is 0 Å². The Morgan fingerprint density at radius 1 is 1.30 bits per heavy atom. The van der Waals surface area contributed by atoms with E-state index in [4.69, 9.17) is 9.84 Å². The number of alkyl halides is 3. The van der Waals surface area contributed by atoms with Crippen molar-refractivity contribution in [3.8, 4) is 11.5 Å². The minimum atomic E-state index is -4.74. The van der Waals surface area contributed by atoms with Gasteiger partial charge in [0.1, 0.15) is 17.6 Å². The fourth-order valence-corrected chi connectivity index (χ4v) is 1.89. The van der Waals surface area contributed by atoms with Crippen LogP contribution in [0.25, 0.3) is 0 Å². The Morgan fingerprint density at radius 2 is 1.95 bits per heavy atom. The highest BCUT2D eigenvalue weighted by Crippen LogP contribution is 2.30. The highest BCUT2D eigenvalue weighted by atomic mass is 19.4. The molecule has 2 N–H and O–H groups in total. The van der Waals surface area contributed by atoms with Crippen molar-refractivity contribution in [3.05, 3.63) is 24.3 Å². The number of hydrogen-bond donors (Lipinski definition) is 2. The molecule has 0 saturated heterocycles. The maximum absolute atomic E-state index is 12.1. The van der Waals surface area contributed by atoms with E-state index in [1.807, 2.05) is 0 Å². The zero-order chi connectivity index (χ0) is 14.8. The number of halogens is 3. The van der Waals surface area contributed by atoms with Gasteiger partial charge in [-0.3, -0.25) is 0 Å². The van der Waals surface area contributed by atoms with Gasteiger partial charge < -0.3 is 19.9 Å². The van der Waals surface area contributed by atoms with E-state index in [1.54, 1.807) is 0 Å². The van der Waals surface area contributed by atoms with Crippen molar-refractivity contribution in [1.82, 2.24) is 5.32 Å². The Balaban J connectivity index is 1.85. The van der Waals surface area contributed by atoms with Crippen LogP contribution in [0.3, 0.4) is 0 Å². The first-order chi connectivity index (χ1) is 9.32. The molecule has 0 heterocycles. The molecule has 0 unspecified atom stereocenters. The molecule has 0 atom stereocenters. The predicted molar refractivity (Wildman–Crippen MR) is 61.7 cm³/mol. The maximum Gasteiger partial charge on any atom is 0.573 e. The van der Waals surface area contributed by atoms with Gasteiger partial charge in [0, 0.05) is 24.9 Å². The molecule has 1 aromatic rings. The van der Waals surface area contributed by atoms with Crippen LogP contribution in [0.5, 0.6) is 11.5 Å². The number of benzene rings is 1. The third-order valence-corrected chi connectivity index (χ3v) is 2.76. The Hall–Kier alpha value is -2.12. The van der Waals surface area contributed by atoms with Crippen molar-refractivity contribution >= 4 is 6.09 Å². The van der Waals surface area contributed by atoms with E-state index in [0.29, 0.717) is 12.8 Å². The first-order valence-corrected chi connectivity index (χ1v) is 5.84. The van der Waals surface area contributed by atoms with Gasteiger partial charge in [-0.05, 0) is 12.1 Å². The highest BCUT2D eigenvalue weighted by Gasteiger charge is 2.33. The van der Waals surface area contributed by atoms with Crippen LogP contribution >= 0.6 is 0 Å². The van der Waals surface area contributed by atoms with Crippen LogP contribution in [0.1, 0.15) is 12.8 Å². The van der Waals surface area contributed by atoms with Crippen molar-refractivity contribution in [2.75, 3.05) is 0 Å². The molecule has 0 spiro atoms. The summed E-state index contributed by atoms with van der Waals surface area (Å²) in [5.41, 5.74) is 0. The number of carbonyl (C=O) groups is 1. The van der Waals surface area contributed by atoms with Gasteiger partial charge in [-0.15, -0.1) is 13.2 Å². The number of ether oxygens (including phenoxy) is 2. The molecule has 0 radical (unpaired) electrons. The van der Waals surface area contributed by atoms with Crippen molar-refractivity contribution < 1.29 is 32.5 Å². The Bertz CT molecular complexity index is 486. The molecular formula is C12H12F3NO4. The van der Waals surface area contributed by atoms with Crippen LogP contribution in [0, 0.1) is 0 Å². The van der Waals surface area contributed by atoms with Crippen LogP contribution in [0.2, 0.25) is 0 Å². The number of nitrogens with one attached hydrogen (secondary N) is 1. The summed E-state index contributed by atoms with van der Waals surface area (Å²) in [5, 5.41) is 10.8. The summed E-state index contributed by atoms with van der Waals surface area (Å²) in [7, 11) is 0. The SMILES string of the molecule is O=C(O)NC1CC(Oc2cccc(OC(F)(F)F)c2)C1. The third-order valence-electron chi connectivity index (χ3n) is 2.76. The molecular weight excluding hydrogens is 279 g/mol. The van der Waals surface area contributed by atoms with Gasteiger partial charge in [0.25, 0.3) is 0 Å². The first kappa shape index (κ1) is 14.3. The second-order valence-corrected chi connectivity index (χ2v) is 4.38. The zero-order valence-corrected chi connectivity index (χ0v) is 10.2. The topological polar surface area (TPSA) is 67.8 Å². The Morgan fingerprint density at radius 3 is 2.55 bits per heavy atom. The van der Waals surface area contributed by atoms with Crippen molar-refractivity contribution in [2.45, 2.75) is 31.3 Å². The Kier molecular flexibility index (Phi) is 3.91. The summed E-state index contributed by atoms with van der Waals surface area (Å²) in [4.78, 5) is 10.4. The Labute approximate surface area is 112 Å². The summed E-state index contributed by atoms with van der Waals surface area (Å²) in [6.45, 7) is 0. The molecule has 2 rings (SSSR count). The number of hydrogen-bond acceptors (Lipinski definition) is 3. The van der Waals surface area contributed by atoms with E-state index in [9.17, 15) is 18.0 Å². The molecule has 1 aliphatic rings. The molecule has 1 aromatic carbocycles. The lowest BCUT2D eigenvalue weighted by Crippen LogP contribution is -2.48. The van der Waals surface area contributed by atoms with Gasteiger partial charge in [0.2, 0.25) is 0 Å². The fraction of sp³-hybridized carbons (Fsp3) is 0.417. The summed E-state index contributed by atoms with van der Waals surface area (Å²) in [5.74, 6) is -0.0972. The standard InChI is InChI=1S/C12H12F3NO4/c13-12(14,15)20-9-3-1-2-8(6-9)19-10-4-7(5-10)16-11(17)18/h1-3,6-7,10,16H,4-5H2,(H,17,18). The molecule has 8 heteroatoms. The van der Waals surface area contributed by atoms with E-state index in [1.165, 1.54) is 18.2 Å². The molecule has 0 bridgehead atoms. The lowest BCUT2D eigenvalue weighted by Gasteiger charge is -2.35. The lowest BCUT2D eigenvalue weighted by atomic mass is 9.89. The van der Waals surface area contributed by atoms with Crippen LogP contribution in [-0.4, -0.2) is 29.7 Å². The summed E-state index contributed by atoms with van der Waals surface area (Å²) >= 11 is 0. The average molecular weight is 291 g/mol. The van der Waals surface area contributed by atoms with Gasteiger partial charge in [-0.1, -0.05) is 6.07 Å². The average Bonchev–Trinajstić information content (AvgIpc) is 2.23. The third kappa shape index (κ3) is 4.22. The first-order valence-electron chi connectivity index (χ1n) is 5.84. The molecule has 1 aliphatic carbocycles. The van der Waals surface area contributed by atoms with Gasteiger partial charge in [-0.25, -0.2) is 4.79 Å². The number of amides is 1. The summed E-state index contributed by atoms with van der Waals surface area (Å²) < 4.78 is 45.4. The molecule has 1 amide bonds. The van der Waals surface area contributed by atoms with Gasteiger partial charge >= 0.3 is 12.5 Å². The minimum Gasteiger partial charge on any atom is -0.490 e.